The first-order valence-corrected chi connectivity index (χ1v) is 10.2. The summed E-state index contributed by atoms with van der Waals surface area (Å²) in [5, 5.41) is 3.32. The molecule has 6 heteroatoms. The molecule has 152 valence electrons. The molecule has 0 spiro atoms. The molecule has 3 heterocycles. The maximum atomic E-state index is 12.3. The zero-order chi connectivity index (χ0) is 20.6. The molecule has 0 bridgehead atoms. The van der Waals surface area contributed by atoms with Crippen LogP contribution in [0.1, 0.15) is 61.2 Å². The van der Waals surface area contributed by atoms with Crippen LogP contribution < -0.4 is 5.32 Å². The van der Waals surface area contributed by atoms with Crippen LogP contribution in [0.4, 0.5) is 5.82 Å². The molecule has 2 aromatic rings. The number of carbonyl (C=O) groups is 2. The lowest BCUT2D eigenvalue weighted by Gasteiger charge is -2.17. The van der Waals surface area contributed by atoms with Crippen LogP contribution in [0.5, 0.6) is 0 Å². The van der Waals surface area contributed by atoms with Gasteiger partial charge in [-0.15, -0.1) is 0 Å². The van der Waals surface area contributed by atoms with Gasteiger partial charge in [0.2, 0.25) is 0 Å². The van der Waals surface area contributed by atoms with Crippen LogP contribution in [0.25, 0.3) is 0 Å². The number of anilines is 1. The van der Waals surface area contributed by atoms with Crippen LogP contribution >= 0.6 is 0 Å². The molecule has 0 aromatic carbocycles. The van der Waals surface area contributed by atoms with Gasteiger partial charge in [0, 0.05) is 37.5 Å². The van der Waals surface area contributed by atoms with Gasteiger partial charge in [-0.3, -0.25) is 4.79 Å². The Labute approximate surface area is 171 Å². The second-order valence-corrected chi connectivity index (χ2v) is 7.61. The third-order valence-electron chi connectivity index (χ3n) is 5.11. The molecule has 1 aliphatic rings. The van der Waals surface area contributed by atoms with Crippen molar-refractivity contribution in [2.75, 3.05) is 11.9 Å². The predicted octanol–water partition coefficient (Wildman–Crippen LogP) is 3.75. The van der Waals surface area contributed by atoms with Gasteiger partial charge in [-0.25, -0.2) is 15.0 Å². The average Bonchev–Trinajstić information content (AvgIpc) is 2.71. The fourth-order valence-electron chi connectivity index (χ4n) is 3.50. The van der Waals surface area contributed by atoms with Crippen LogP contribution in [0.2, 0.25) is 0 Å². The van der Waals surface area contributed by atoms with E-state index in [2.05, 4.69) is 26.3 Å². The zero-order valence-corrected chi connectivity index (χ0v) is 17.1. The Morgan fingerprint density at radius 2 is 2.03 bits per heavy atom. The van der Waals surface area contributed by atoms with Crippen LogP contribution in [-0.2, 0) is 22.4 Å². The Bertz CT molecular complexity index is 890. The molecule has 3 rings (SSSR count). The van der Waals surface area contributed by atoms with Gasteiger partial charge in [-0.1, -0.05) is 12.1 Å². The van der Waals surface area contributed by atoms with Gasteiger partial charge in [0.15, 0.2) is 5.78 Å². The van der Waals surface area contributed by atoms with Gasteiger partial charge >= 0.3 is 0 Å². The summed E-state index contributed by atoms with van der Waals surface area (Å²) in [5.74, 6) is 1.84. The minimum absolute atomic E-state index is 0.00876. The van der Waals surface area contributed by atoms with Crippen LogP contribution in [-0.4, -0.2) is 33.1 Å². The molecule has 0 saturated heterocycles. The van der Waals surface area contributed by atoms with Gasteiger partial charge in [-0.05, 0) is 68.7 Å². The minimum atomic E-state index is -0.00876. The van der Waals surface area contributed by atoms with E-state index in [-0.39, 0.29) is 17.5 Å². The van der Waals surface area contributed by atoms with E-state index in [1.165, 1.54) is 5.56 Å². The maximum absolute atomic E-state index is 12.3. The highest BCUT2D eigenvalue weighted by Crippen LogP contribution is 2.23. The lowest BCUT2D eigenvalue weighted by Crippen LogP contribution is -2.14. The molecule has 0 amide bonds. The molecule has 6 nitrogen and oxygen atoms in total. The van der Waals surface area contributed by atoms with Gasteiger partial charge in [0.1, 0.15) is 17.4 Å². The molecule has 1 unspecified atom stereocenters. The second kappa shape index (κ2) is 10.0. The van der Waals surface area contributed by atoms with Crippen molar-refractivity contribution in [2.45, 2.75) is 58.3 Å². The van der Waals surface area contributed by atoms with Crippen molar-refractivity contribution in [3.05, 3.63) is 59.3 Å². The first-order chi connectivity index (χ1) is 14.0. The number of ketones is 2. The normalized spacial score (nSPS) is 14.3. The number of fused-ring (bicyclic) bond motifs is 1. The van der Waals surface area contributed by atoms with Crippen molar-refractivity contribution in [3.63, 3.8) is 0 Å². The monoisotopic (exact) mass is 392 g/mol. The van der Waals surface area contributed by atoms with E-state index in [4.69, 9.17) is 0 Å². The van der Waals surface area contributed by atoms with Crippen molar-refractivity contribution >= 4 is 17.4 Å². The Hall–Kier alpha value is -2.89. The van der Waals surface area contributed by atoms with E-state index in [9.17, 15) is 9.59 Å². The smallest absolute Gasteiger partial charge is 0.155 e. The Morgan fingerprint density at radius 1 is 1.24 bits per heavy atom. The second-order valence-electron chi connectivity index (χ2n) is 7.61. The predicted molar refractivity (Wildman–Crippen MR) is 113 cm³/mol. The summed E-state index contributed by atoms with van der Waals surface area (Å²) < 4.78 is 0. The minimum Gasteiger partial charge on any atom is -0.370 e. The molecule has 0 fully saturated rings. The zero-order valence-electron chi connectivity index (χ0n) is 17.1. The summed E-state index contributed by atoms with van der Waals surface area (Å²) in [5.41, 5.74) is 3.11. The van der Waals surface area contributed by atoms with Crippen molar-refractivity contribution in [3.8, 4) is 0 Å². The largest absolute Gasteiger partial charge is 0.370 e. The number of hydrogen-bond donors (Lipinski definition) is 1. The molecule has 1 N–H and O–H groups in total. The number of hydrogen-bond acceptors (Lipinski definition) is 6. The molecule has 0 aliphatic carbocycles. The van der Waals surface area contributed by atoms with Crippen LogP contribution in [0, 0.1) is 6.92 Å². The molecule has 29 heavy (non-hydrogen) atoms. The van der Waals surface area contributed by atoms with Crippen LogP contribution in [0.15, 0.2) is 36.7 Å². The molecular formula is C23H28N4O2. The summed E-state index contributed by atoms with van der Waals surface area (Å²) in [6.07, 6.45) is 11.3. The summed E-state index contributed by atoms with van der Waals surface area (Å²) in [6.45, 7) is 4.37. The lowest BCUT2D eigenvalue weighted by atomic mass is 9.92. The third kappa shape index (κ3) is 6.31. The molecule has 1 atom stereocenters. The fraction of sp³-hybridized carbons (Fsp3) is 0.435. The van der Waals surface area contributed by atoms with Gasteiger partial charge in [0.05, 0.1) is 0 Å². The van der Waals surface area contributed by atoms with Crippen molar-refractivity contribution in [1.82, 2.24) is 15.0 Å². The van der Waals surface area contributed by atoms with E-state index in [1.807, 2.05) is 19.1 Å². The van der Waals surface area contributed by atoms with E-state index in [0.29, 0.717) is 31.5 Å². The van der Waals surface area contributed by atoms with E-state index in [1.54, 1.807) is 25.4 Å². The summed E-state index contributed by atoms with van der Waals surface area (Å²) in [7, 11) is 0. The van der Waals surface area contributed by atoms with Crippen molar-refractivity contribution in [2.24, 2.45) is 0 Å². The SMILES string of the molecule is CC(=O)CC(C/C=C/C(=O)CCc1ccc2c(n1)NCCC2)c1cnc(C)nc1. The van der Waals surface area contributed by atoms with Crippen molar-refractivity contribution in [1.29, 1.82) is 0 Å². The number of aromatic nitrogens is 3. The molecule has 1 aliphatic heterocycles. The number of rotatable bonds is 9. The van der Waals surface area contributed by atoms with Crippen molar-refractivity contribution < 1.29 is 9.59 Å². The summed E-state index contributed by atoms with van der Waals surface area (Å²) in [6, 6.07) is 4.13. The standard InChI is InChI=1S/C23H28N4O2/c1-16(28)13-19(20-14-25-17(2)26-15-20)5-3-7-22(29)11-10-21-9-8-18-6-4-12-24-23(18)27-21/h3,7-9,14-15,19H,4-6,10-13H2,1-2H3,(H,24,27)/b7-3+. The van der Waals surface area contributed by atoms with Gasteiger partial charge < -0.3 is 10.1 Å². The topological polar surface area (TPSA) is 84.8 Å². The highest BCUT2D eigenvalue weighted by atomic mass is 16.1. The van der Waals surface area contributed by atoms with E-state index < -0.39 is 0 Å². The summed E-state index contributed by atoms with van der Waals surface area (Å²) >= 11 is 0. The number of Topliss-reactive ketones (excluding diaryl/α,β-unsaturated/α-hetero) is 1. The Balaban J connectivity index is 1.53. The molecule has 0 saturated carbocycles. The van der Waals surface area contributed by atoms with E-state index >= 15 is 0 Å². The van der Waals surface area contributed by atoms with Crippen LogP contribution in [0.3, 0.4) is 0 Å². The quantitative estimate of drug-likeness (QED) is 0.654. The first-order valence-electron chi connectivity index (χ1n) is 10.2. The molecule has 2 aromatic heterocycles. The highest BCUT2D eigenvalue weighted by Gasteiger charge is 2.14. The van der Waals surface area contributed by atoms with E-state index in [0.717, 1.165) is 36.5 Å². The first kappa shape index (κ1) is 20.8. The number of pyridine rings is 1. The summed E-state index contributed by atoms with van der Waals surface area (Å²) in [4.78, 5) is 36.9. The number of carbonyl (C=O) groups excluding carboxylic acids is 2. The number of aryl methyl sites for hydroxylation is 3. The fourth-order valence-corrected chi connectivity index (χ4v) is 3.50. The average molecular weight is 393 g/mol. The maximum Gasteiger partial charge on any atom is 0.155 e. The highest BCUT2D eigenvalue weighted by molar-refractivity contribution is 5.89. The number of nitrogens with one attached hydrogen (secondary N) is 1. The number of nitrogens with zero attached hydrogens (tertiary/aromatic N) is 3. The number of allylic oxidation sites excluding steroid dienone is 2. The Morgan fingerprint density at radius 3 is 2.79 bits per heavy atom. The van der Waals surface area contributed by atoms with Gasteiger partial charge in [0.25, 0.3) is 0 Å². The molecular weight excluding hydrogens is 364 g/mol. The van der Waals surface area contributed by atoms with Gasteiger partial charge in [-0.2, -0.15) is 0 Å². The third-order valence-corrected chi connectivity index (χ3v) is 5.11. The Kier molecular flexibility index (Phi) is 7.22. The lowest BCUT2D eigenvalue weighted by molar-refractivity contribution is -0.117. The molecule has 0 radical (unpaired) electrons.